The number of ketones is 1. The maximum Gasteiger partial charge on any atom is 0.267 e. The third-order valence-corrected chi connectivity index (χ3v) is 10.1. The van der Waals surface area contributed by atoms with Crippen LogP contribution in [-0.4, -0.2) is 44.9 Å². The van der Waals surface area contributed by atoms with Crippen molar-refractivity contribution in [3.05, 3.63) is 89.4 Å². The molecule has 2 heterocycles. The topological polar surface area (TPSA) is 133 Å². The lowest BCUT2D eigenvalue weighted by Gasteiger charge is -2.44. The number of allylic oxidation sites excluding steroid dienone is 3. The third-order valence-electron chi connectivity index (χ3n) is 8.11. The van der Waals surface area contributed by atoms with E-state index in [-0.39, 0.29) is 29.6 Å². The first-order valence-electron chi connectivity index (χ1n) is 13.3. The van der Waals surface area contributed by atoms with Gasteiger partial charge in [-0.05, 0) is 98.2 Å². The van der Waals surface area contributed by atoms with E-state index < -0.39 is 20.5 Å². The molecule has 2 fully saturated rings. The second kappa shape index (κ2) is 9.88. The first kappa shape index (κ1) is 26.2. The van der Waals surface area contributed by atoms with Crippen LogP contribution >= 0.6 is 0 Å². The Morgan fingerprint density at radius 3 is 2.55 bits per heavy atom. The molecule has 0 amide bonds. The highest BCUT2D eigenvalue weighted by atomic mass is 32.2. The van der Waals surface area contributed by atoms with Crippen LogP contribution in [0.25, 0.3) is 0 Å². The van der Waals surface area contributed by atoms with Crippen LogP contribution in [0.3, 0.4) is 0 Å². The van der Waals surface area contributed by atoms with Crippen molar-refractivity contribution in [2.45, 2.75) is 54.8 Å². The van der Waals surface area contributed by atoms with Gasteiger partial charge in [-0.15, -0.1) is 5.10 Å². The maximum absolute atomic E-state index is 14.3. The summed E-state index contributed by atoms with van der Waals surface area (Å²) in [5, 5.41) is 2.94. The zero-order valence-corrected chi connectivity index (χ0v) is 22.8. The van der Waals surface area contributed by atoms with E-state index in [2.05, 4.69) is 20.1 Å². The number of fused-ring (bicyclic) bond motifs is 1. The van der Waals surface area contributed by atoms with Crippen molar-refractivity contribution in [3.8, 4) is 0 Å². The van der Waals surface area contributed by atoms with Gasteiger partial charge in [0.2, 0.25) is 9.84 Å². The first-order chi connectivity index (χ1) is 19.2. The van der Waals surface area contributed by atoms with Gasteiger partial charge in [0.05, 0.1) is 22.1 Å². The Hall–Kier alpha value is -3.99. The number of benzene rings is 1. The summed E-state index contributed by atoms with van der Waals surface area (Å²) in [7, 11) is -2.30. The quantitative estimate of drug-likeness (QED) is 0.443. The lowest BCUT2D eigenvalue weighted by atomic mass is 9.60. The molecule has 0 spiro atoms. The number of halogens is 1. The molecule has 3 aliphatic carbocycles. The molecule has 2 aromatic heterocycles. The van der Waals surface area contributed by atoms with Gasteiger partial charge >= 0.3 is 0 Å². The summed E-state index contributed by atoms with van der Waals surface area (Å²) in [6.07, 6.45) is 9.47. The number of carbonyl (C=O) groups excluding carboxylic acids is 1. The number of pyridine rings is 1. The normalized spacial score (nSPS) is 25.1. The van der Waals surface area contributed by atoms with E-state index in [4.69, 9.17) is 5.73 Å². The third kappa shape index (κ3) is 4.68. The molecule has 2 saturated carbocycles. The summed E-state index contributed by atoms with van der Waals surface area (Å²) in [6.45, 7) is 0. The first-order valence-corrected chi connectivity index (χ1v) is 14.8. The molecular formula is C29H29FN6O3S. The summed E-state index contributed by atoms with van der Waals surface area (Å²) in [4.78, 5) is 27.5. The molecule has 206 valence electrons. The predicted octanol–water partition coefficient (Wildman–Crippen LogP) is 4.37. The van der Waals surface area contributed by atoms with E-state index in [1.807, 2.05) is 12.1 Å². The minimum absolute atomic E-state index is 0.0471. The van der Waals surface area contributed by atoms with Crippen LogP contribution in [-0.2, 0) is 16.9 Å². The van der Waals surface area contributed by atoms with Crippen LogP contribution in [0.1, 0.15) is 60.5 Å². The van der Waals surface area contributed by atoms with Crippen molar-refractivity contribution < 1.29 is 17.6 Å². The minimum Gasteiger partial charge on any atom is -0.404 e. The second-order valence-electron chi connectivity index (χ2n) is 10.8. The Bertz CT molecular complexity index is 1670. The van der Waals surface area contributed by atoms with E-state index in [0.717, 1.165) is 24.0 Å². The standard InChI is InChI=1S/C29H29FN6O3S/c1-36-17-33-28(35-36)40(38,39)24-10-5-21-12-26(34-23-8-6-22(30)7-9-23)20(15-31)13-29(21,14-24)27(37)25-11-4-19(16-32-25)18-2-3-18/h4,6-9,11-12,15-18,24H,2-3,5,10,13-14,31H2,1H3/t24-,29-/m0/s1. The lowest BCUT2D eigenvalue weighted by molar-refractivity contribution is 0.0797. The molecule has 1 aromatic carbocycles. The van der Waals surface area contributed by atoms with E-state index in [0.29, 0.717) is 41.4 Å². The van der Waals surface area contributed by atoms with Gasteiger partial charge in [-0.25, -0.2) is 22.8 Å². The minimum atomic E-state index is -3.91. The molecule has 0 radical (unpaired) electrons. The van der Waals surface area contributed by atoms with Crippen molar-refractivity contribution >= 4 is 27.0 Å². The average Bonchev–Trinajstić information content (AvgIpc) is 3.72. The Kier molecular flexibility index (Phi) is 6.48. The smallest absolute Gasteiger partial charge is 0.267 e. The fourth-order valence-corrected chi connectivity index (χ4v) is 7.44. The number of rotatable bonds is 6. The summed E-state index contributed by atoms with van der Waals surface area (Å²) in [5.41, 5.74) is 8.79. The van der Waals surface area contributed by atoms with Gasteiger partial charge in [-0.1, -0.05) is 11.6 Å². The molecule has 0 unspecified atom stereocenters. The molecule has 2 N–H and O–H groups in total. The number of aromatic nitrogens is 4. The molecule has 11 heteroatoms. The summed E-state index contributed by atoms with van der Waals surface area (Å²) in [5.74, 6) is -0.116. The van der Waals surface area contributed by atoms with Crippen molar-refractivity contribution in [2.75, 3.05) is 0 Å². The number of hydrogen-bond donors (Lipinski definition) is 1. The Morgan fingerprint density at radius 1 is 1.15 bits per heavy atom. The largest absolute Gasteiger partial charge is 0.404 e. The molecule has 6 rings (SSSR count). The van der Waals surface area contributed by atoms with Crippen LogP contribution in [0.5, 0.6) is 0 Å². The highest BCUT2D eigenvalue weighted by Crippen LogP contribution is 2.52. The zero-order chi connectivity index (χ0) is 28.1. The van der Waals surface area contributed by atoms with E-state index in [9.17, 15) is 17.6 Å². The number of nitrogens with zero attached hydrogens (tertiary/aromatic N) is 5. The number of aryl methyl sites for hydroxylation is 1. The average molecular weight is 561 g/mol. The molecular weight excluding hydrogens is 531 g/mol. The van der Waals surface area contributed by atoms with Gasteiger partial charge in [-0.3, -0.25) is 14.5 Å². The Labute approximate surface area is 231 Å². The monoisotopic (exact) mass is 560 g/mol. The molecule has 3 aliphatic rings. The highest BCUT2D eigenvalue weighted by molar-refractivity contribution is 7.91. The molecule has 3 aromatic rings. The predicted molar refractivity (Wildman–Crippen MR) is 147 cm³/mol. The number of Topliss-reactive ketones (excluding diaryl/α,β-unsaturated/α-hetero) is 1. The van der Waals surface area contributed by atoms with Crippen molar-refractivity contribution in [1.82, 2.24) is 19.7 Å². The van der Waals surface area contributed by atoms with Crippen LogP contribution in [0.15, 0.2) is 82.5 Å². The number of carbonyl (C=O) groups is 1. The summed E-state index contributed by atoms with van der Waals surface area (Å²) < 4.78 is 42.0. The second-order valence-corrected chi connectivity index (χ2v) is 12.9. The van der Waals surface area contributed by atoms with Gasteiger partial charge in [0.15, 0.2) is 5.78 Å². The van der Waals surface area contributed by atoms with Crippen LogP contribution in [0, 0.1) is 11.2 Å². The van der Waals surface area contributed by atoms with Crippen LogP contribution in [0.2, 0.25) is 0 Å². The molecule has 40 heavy (non-hydrogen) atoms. The van der Waals surface area contributed by atoms with Gasteiger partial charge in [0, 0.05) is 13.2 Å². The molecule has 0 aliphatic heterocycles. The summed E-state index contributed by atoms with van der Waals surface area (Å²) >= 11 is 0. The van der Waals surface area contributed by atoms with Gasteiger partial charge < -0.3 is 5.73 Å². The van der Waals surface area contributed by atoms with Gasteiger partial charge in [-0.2, -0.15) is 0 Å². The number of nitrogens with two attached hydrogens (primary N) is 1. The van der Waals surface area contributed by atoms with Crippen LogP contribution < -0.4 is 5.73 Å². The molecule has 9 nitrogen and oxygen atoms in total. The van der Waals surface area contributed by atoms with E-state index >= 15 is 0 Å². The van der Waals surface area contributed by atoms with Crippen molar-refractivity contribution in [1.29, 1.82) is 0 Å². The Morgan fingerprint density at radius 2 is 1.93 bits per heavy atom. The number of sulfone groups is 1. The molecule has 0 bridgehead atoms. The van der Waals surface area contributed by atoms with Gasteiger partial charge in [0.1, 0.15) is 17.8 Å². The van der Waals surface area contributed by atoms with E-state index in [1.165, 1.54) is 29.3 Å². The Balaban J connectivity index is 1.43. The van der Waals surface area contributed by atoms with Crippen LogP contribution in [0.4, 0.5) is 10.1 Å². The summed E-state index contributed by atoms with van der Waals surface area (Å²) in [6, 6.07) is 9.47. The van der Waals surface area contributed by atoms with Crippen molar-refractivity contribution in [3.63, 3.8) is 0 Å². The van der Waals surface area contributed by atoms with E-state index in [1.54, 1.807) is 31.4 Å². The fourth-order valence-electron chi connectivity index (χ4n) is 5.78. The van der Waals surface area contributed by atoms with Crippen molar-refractivity contribution in [2.24, 2.45) is 23.2 Å². The molecule has 0 saturated heterocycles. The number of hydrogen-bond acceptors (Lipinski definition) is 8. The number of aliphatic imine (C=N–C) groups is 1. The van der Waals surface area contributed by atoms with Gasteiger partial charge in [0.25, 0.3) is 5.16 Å². The SMILES string of the molecule is Cn1cnc(S(=O)(=O)[C@H]2CCC3=CC(=Nc4ccc(F)cc4)C(=CN)C[C@]3(C(=O)c3ccc(C4CC4)cn3)C2)n1. The zero-order valence-electron chi connectivity index (χ0n) is 22.0. The maximum atomic E-state index is 14.3. The fraction of sp³-hybridized carbons (Fsp3) is 0.345. The highest BCUT2D eigenvalue weighted by Gasteiger charge is 2.52. The molecule has 2 atom stereocenters. The lowest BCUT2D eigenvalue weighted by Crippen LogP contribution is -2.46.